The molecule has 0 fully saturated rings. The van der Waals surface area contributed by atoms with Crippen LogP contribution < -0.4 is 10.6 Å². The Morgan fingerprint density at radius 3 is 2.56 bits per heavy atom. The summed E-state index contributed by atoms with van der Waals surface area (Å²) in [4.78, 5) is 12.2. The minimum Gasteiger partial charge on any atom is -0.388 e. The summed E-state index contributed by atoms with van der Waals surface area (Å²) in [6, 6.07) is 6.10. The molecule has 0 aliphatic rings. The Balaban J connectivity index is 2.77. The van der Waals surface area contributed by atoms with Crippen LogP contribution in [0.3, 0.4) is 0 Å². The van der Waals surface area contributed by atoms with Crippen molar-refractivity contribution in [1.82, 2.24) is 5.32 Å². The van der Waals surface area contributed by atoms with Crippen molar-refractivity contribution in [2.75, 3.05) is 12.4 Å². The fourth-order valence-electron chi connectivity index (χ4n) is 2.06. The maximum Gasteiger partial charge on any atom is 0.251 e. The summed E-state index contributed by atoms with van der Waals surface area (Å²) >= 11 is 0. The Kier molecular flexibility index (Phi) is 5.69. The number of amides is 1. The van der Waals surface area contributed by atoms with Crippen molar-refractivity contribution >= 4 is 11.6 Å². The summed E-state index contributed by atoms with van der Waals surface area (Å²) in [7, 11) is 1.88. The monoisotopic (exact) mass is 248 g/mol. The van der Waals surface area contributed by atoms with Gasteiger partial charge in [-0.15, -0.1) is 0 Å². The Bertz CT molecular complexity index is 401. The van der Waals surface area contributed by atoms with E-state index in [9.17, 15) is 4.79 Å². The first-order valence-electron chi connectivity index (χ1n) is 6.71. The van der Waals surface area contributed by atoms with Gasteiger partial charge in [0.1, 0.15) is 0 Å². The Morgan fingerprint density at radius 2 is 2.06 bits per heavy atom. The molecule has 0 aromatic heterocycles. The Labute approximate surface area is 110 Å². The van der Waals surface area contributed by atoms with Crippen LogP contribution in [0.15, 0.2) is 18.2 Å². The summed E-state index contributed by atoms with van der Waals surface area (Å²) in [5, 5.41) is 6.18. The first-order chi connectivity index (χ1) is 8.62. The zero-order valence-corrected chi connectivity index (χ0v) is 11.8. The summed E-state index contributed by atoms with van der Waals surface area (Å²) < 4.78 is 0. The lowest BCUT2D eigenvalue weighted by Crippen LogP contribution is -2.34. The molecule has 3 nitrogen and oxygen atoms in total. The van der Waals surface area contributed by atoms with Crippen LogP contribution >= 0.6 is 0 Å². The van der Waals surface area contributed by atoms with Crippen LogP contribution in [0, 0.1) is 6.92 Å². The van der Waals surface area contributed by atoms with Gasteiger partial charge >= 0.3 is 0 Å². The van der Waals surface area contributed by atoms with Gasteiger partial charge in [-0.1, -0.05) is 20.3 Å². The van der Waals surface area contributed by atoms with Gasteiger partial charge in [0.2, 0.25) is 0 Å². The number of hydrogen-bond acceptors (Lipinski definition) is 2. The fourth-order valence-corrected chi connectivity index (χ4v) is 2.06. The predicted octanol–water partition coefficient (Wildman–Crippen LogP) is 3.35. The van der Waals surface area contributed by atoms with E-state index in [-0.39, 0.29) is 11.9 Å². The van der Waals surface area contributed by atoms with Crippen molar-refractivity contribution in [1.29, 1.82) is 0 Å². The van der Waals surface area contributed by atoms with Gasteiger partial charge in [0.15, 0.2) is 0 Å². The molecular weight excluding hydrogens is 224 g/mol. The Morgan fingerprint density at radius 1 is 1.33 bits per heavy atom. The summed E-state index contributed by atoms with van der Waals surface area (Å²) in [6.45, 7) is 6.22. The topological polar surface area (TPSA) is 41.1 Å². The van der Waals surface area contributed by atoms with E-state index < -0.39 is 0 Å². The molecule has 0 radical (unpaired) electrons. The molecule has 1 atom stereocenters. The maximum atomic E-state index is 12.2. The highest BCUT2D eigenvalue weighted by Crippen LogP contribution is 2.15. The van der Waals surface area contributed by atoms with E-state index >= 15 is 0 Å². The molecule has 1 aromatic carbocycles. The van der Waals surface area contributed by atoms with Crippen LogP contribution in [0.5, 0.6) is 0 Å². The van der Waals surface area contributed by atoms with Crippen LogP contribution in [0.4, 0.5) is 5.69 Å². The highest BCUT2D eigenvalue weighted by molar-refractivity contribution is 5.96. The zero-order valence-electron chi connectivity index (χ0n) is 11.8. The van der Waals surface area contributed by atoms with Crippen molar-refractivity contribution in [3.63, 3.8) is 0 Å². The van der Waals surface area contributed by atoms with Crippen molar-refractivity contribution in [3.8, 4) is 0 Å². The standard InChI is InChI=1S/C15H24N2O/c1-5-7-12(6-2)17-15(18)14-9-8-13(16-4)10-11(14)3/h8-10,12,16H,5-7H2,1-4H3,(H,17,18). The van der Waals surface area contributed by atoms with Crippen molar-refractivity contribution < 1.29 is 4.79 Å². The van der Waals surface area contributed by atoms with Gasteiger partial charge in [-0.25, -0.2) is 0 Å². The number of carbonyl (C=O) groups excluding carboxylic acids is 1. The quantitative estimate of drug-likeness (QED) is 0.810. The minimum atomic E-state index is 0.0375. The fraction of sp³-hybridized carbons (Fsp3) is 0.533. The second-order valence-corrected chi connectivity index (χ2v) is 4.65. The molecule has 0 bridgehead atoms. The van der Waals surface area contributed by atoms with Gasteiger partial charge < -0.3 is 10.6 Å². The molecule has 1 amide bonds. The van der Waals surface area contributed by atoms with Gasteiger partial charge in [-0.05, 0) is 43.5 Å². The minimum absolute atomic E-state index is 0.0375. The van der Waals surface area contributed by atoms with Gasteiger partial charge in [-0.3, -0.25) is 4.79 Å². The lowest BCUT2D eigenvalue weighted by Gasteiger charge is -2.17. The molecule has 100 valence electrons. The van der Waals surface area contributed by atoms with E-state index in [1.165, 1.54) is 0 Å². The molecule has 1 rings (SSSR count). The van der Waals surface area contributed by atoms with Gasteiger partial charge in [0.05, 0.1) is 0 Å². The van der Waals surface area contributed by atoms with Crippen molar-refractivity contribution in [3.05, 3.63) is 29.3 Å². The number of anilines is 1. The van der Waals surface area contributed by atoms with Crippen LogP contribution in [0.1, 0.15) is 49.0 Å². The van der Waals surface area contributed by atoms with Crippen LogP contribution in [-0.2, 0) is 0 Å². The molecule has 1 unspecified atom stereocenters. The van der Waals surface area contributed by atoms with Crippen molar-refractivity contribution in [2.45, 2.75) is 46.1 Å². The third-order valence-corrected chi connectivity index (χ3v) is 3.22. The maximum absolute atomic E-state index is 12.2. The molecule has 0 saturated heterocycles. The molecular formula is C15H24N2O. The first-order valence-corrected chi connectivity index (χ1v) is 6.71. The highest BCUT2D eigenvalue weighted by Gasteiger charge is 2.13. The molecule has 18 heavy (non-hydrogen) atoms. The normalized spacial score (nSPS) is 12.0. The molecule has 0 aliphatic carbocycles. The molecule has 2 N–H and O–H groups in total. The SMILES string of the molecule is CCCC(CC)NC(=O)c1ccc(NC)cc1C. The van der Waals surface area contributed by atoms with E-state index in [0.717, 1.165) is 36.1 Å². The van der Waals surface area contributed by atoms with Crippen LogP contribution in [-0.4, -0.2) is 19.0 Å². The Hall–Kier alpha value is -1.51. The number of aryl methyl sites for hydroxylation is 1. The predicted molar refractivity (Wildman–Crippen MR) is 77.2 cm³/mol. The first kappa shape index (κ1) is 14.6. The van der Waals surface area contributed by atoms with E-state index in [0.29, 0.717) is 0 Å². The lowest BCUT2D eigenvalue weighted by atomic mass is 10.0. The van der Waals surface area contributed by atoms with Crippen LogP contribution in [0.25, 0.3) is 0 Å². The number of hydrogen-bond donors (Lipinski definition) is 2. The summed E-state index contributed by atoms with van der Waals surface area (Å²) in [5.41, 5.74) is 2.80. The van der Waals surface area contributed by atoms with Crippen LogP contribution in [0.2, 0.25) is 0 Å². The third-order valence-electron chi connectivity index (χ3n) is 3.22. The molecule has 0 spiro atoms. The van der Waals surface area contributed by atoms with E-state index in [1.54, 1.807) is 0 Å². The van der Waals surface area contributed by atoms with Gasteiger partial charge in [0.25, 0.3) is 5.91 Å². The van der Waals surface area contributed by atoms with Gasteiger partial charge in [-0.2, -0.15) is 0 Å². The van der Waals surface area contributed by atoms with E-state index in [1.807, 2.05) is 32.2 Å². The number of benzene rings is 1. The van der Waals surface area contributed by atoms with E-state index in [2.05, 4.69) is 24.5 Å². The molecule has 0 aliphatic heterocycles. The lowest BCUT2D eigenvalue weighted by molar-refractivity contribution is 0.0933. The second-order valence-electron chi connectivity index (χ2n) is 4.65. The average molecular weight is 248 g/mol. The van der Waals surface area contributed by atoms with Gasteiger partial charge in [0, 0.05) is 24.3 Å². The molecule has 0 heterocycles. The number of carbonyl (C=O) groups is 1. The number of nitrogens with one attached hydrogen (secondary N) is 2. The summed E-state index contributed by atoms with van der Waals surface area (Å²) in [5.74, 6) is 0.0375. The average Bonchev–Trinajstić information content (AvgIpc) is 2.37. The largest absolute Gasteiger partial charge is 0.388 e. The second kappa shape index (κ2) is 7.04. The summed E-state index contributed by atoms with van der Waals surface area (Å²) in [6.07, 6.45) is 3.11. The van der Waals surface area contributed by atoms with E-state index in [4.69, 9.17) is 0 Å². The van der Waals surface area contributed by atoms with Crippen molar-refractivity contribution in [2.24, 2.45) is 0 Å². The highest BCUT2D eigenvalue weighted by atomic mass is 16.1. The molecule has 0 saturated carbocycles. The number of rotatable bonds is 6. The zero-order chi connectivity index (χ0) is 13.5. The molecule has 1 aromatic rings. The smallest absolute Gasteiger partial charge is 0.251 e. The molecule has 3 heteroatoms. The third kappa shape index (κ3) is 3.76.